The van der Waals surface area contributed by atoms with Gasteiger partial charge in [-0.05, 0) is 42.2 Å². The summed E-state index contributed by atoms with van der Waals surface area (Å²) in [5.74, 6) is 1.57. The molecular weight excluding hydrogens is 590 g/mol. The summed E-state index contributed by atoms with van der Waals surface area (Å²) < 4.78 is 1.99. The van der Waals surface area contributed by atoms with Gasteiger partial charge in [0.15, 0.2) is 0 Å². The van der Waals surface area contributed by atoms with Gasteiger partial charge in [-0.3, -0.25) is 4.79 Å². The fourth-order valence-electron chi connectivity index (χ4n) is 6.36. The Morgan fingerprint density at radius 2 is 1.33 bits per heavy atom. The van der Waals surface area contributed by atoms with Gasteiger partial charge in [0, 0.05) is 29.8 Å². The molecule has 4 rings (SSSR count). The van der Waals surface area contributed by atoms with Crippen molar-refractivity contribution in [2.75, 3.05) is 18.9 Å². The van der Waals surface area contributed by atoms with Gasteiger partial charge < -0.3 is 10.6 Å². The lowest BCUT2D eigenvalue weighted by atomic mass is 10.0. The minimum absolute atomic E-state index is 0.0770. The van der Waals surface area contributed by atoms with E-state index in [4.69, 9.17) is 0 Å². The summed E-state index contributed by atoms with van der Waals surface area (Å²) >= 11 is 0. The van der Waals surface area contributed by atoms with Crippen molar-refractivity contribution in [1.29, 1.82) is 0 Å². The molecule has 0 unspecified atom stereocenters. The Morgan fingerprint density at radius 3 is 2.00 bits per heavy atom. The van der Waals surface area contributed by atoms with Crippen LogP contribution in [0.25, 0.3) is 0 Å². The summed E-state index contributed by atoms with van der Waals surface area (Å²) in [4.78, 5) is 13.0. The van der Waals surface area contributed by atoms with Crippen molar-refractivity contribution in [2.24, 2.45) is 10.2 Å². The predicted molar refractivity (Wildman–Crippen MR) is 201 cm³/mol. The van der Waals surface area contributed by atoms with Crippen LogP contribution in [0.2, 0.25) is 0 Å². The van der Waals surface area contributed by atoms with E-state index >= 15 is 0 Å². The molecular formula is C42H59N5O+. The normalized spacial score (nSPS) is 15.5. The van der Waals surface area contributed by atoms with Crippen molar-refractivity contribution < 1.29 is 9.37 Å². The first kappa shape index (κ1) is 37.0. The first-order valence-corrected chi connectivity index (χ1v) is 18.8. The first-order chi connectivity index (χ1) is 23.6. The Balaban J connectivity index is 1.07. The topological polar surface area (TPSA) is 68.9 Å². The van der Waals surface area contributed by atoms with Gasteiger partial charge in [0.1, 0.15) is 6.54 Å². The van der Waals surface area contributed by atoms with Crippen LogP contribution in [-0.2, 0) is 13.0 Å². The molecule has 1 aliphatic carbocycles. The Bertz CT molecular complexity index is 1430. The quantitative estimate of drug-likeness (QED) is 0.0929. The van der Waals surface area contributed by atoms with Crippen LogP contribution in [0.1, 0.15) is 131 Å². The zero-order chi connectivity index (χ0) is 33.7. The number of allylic oxidation sites excluding steroid dienone is 5. The number of hydrogen-bond donors (Lipinski definition) is 2. The summed E-state index contributed by atoms with van der Waals surface area (Å²) in [5.41, 5.74) is 5.03. The van der Waals surface area contributed by atoms with E-state index in [1.165, 1.54) is 108 Å². The number of rotatable bonds is 23. The molecule has 6 heteroatoms. The van der Waals surface area contributed by atoms with Crippen LogP contribution in [0.4, 0.5) is 5.69 Å². The van der Waals surface area contributed by atoms with Gasteiger partial charge in [-0.15, -0.1) is 0 Å². The highest BCUT2D eigenvalue weighted by Gasteiger charge is 2.26. The van der Waals surface area contributed by atoms with Crippen LogP contribution < -0.4 is 10.6 Å². The molecule has 0 aromatic heterocycles. The van der Waals surface area contributed by atoms with Crippen LogP contribution in [0.5, 0.6) is 0 Å². The zero-order valence-electron chi connectivity index (χ0n) is 29.7. The van der Waals surface area contributed by atoms with Gasteiger partial charge in [-0.1, -0.05) is 158 Å². The van der Waals surface area contributed by atoms with Crippen LogP contribution in [0.3, 0.4) is 0 Å². The van der Waals surface area contributed by atoms with E-state index < -0.39 is 0 Å². The van der Waals surface area contributed by atoms with E-state index in [0.717, 1.165) is 34.9 Å². The molecule has 2 N–H and O–H groups in total. The number of hydrogen-bond acceptors (Lipinski definition) is 4. The fraction of sp³-hybridized carbons (Fsp3) is 0.500. The van der Waals surface area contributed by atoms with E-state index in [1.807, 2.05) is 66.6 Å². The van der Waals surface area contributed by atoms with E-state index in [2.05, 4.69) is 52.1 Å². The third kappa shape index (κ3) is 13.4. The third-order valence-electron chi connectivity index (χ3n) is 9.34. The van der Waals surface area contributed by atoms with Crippen molar-refractivity contribution in [2.45, 2.75) is 123 Å². The molecule has 2 aromatic carbocycles. The molecule has 0 bridgehead atoms. The molecule has 0 saturated carbocycles. The van der Waals surface area contributed by atoms with Crippen molar-refractivity contribution in [3.05, 3.63) is 107 Å². The lowest BCUT2D eigenvalue weighted by Gasteiger charge is -2.09. The average molecular weight is 650 g/mol. The highest BCUT2D eigenvalue weighted by Crippen LogP contribution is 2.21. The number of nitrogens with one attached hydrogen (secondary N) is 2. The molecule has 48 heavy (non-hydrogen) atoms. The van der Waals surface area contributed by atoms with E-state index in [-0.39, 0.29) is 5.91 Å². The molecule has 0 saturated heterocycles. The number of azo groups is 1. The summed E-state index contributed by atoms with van der Waals surface area (Å²) in [6.45, 7) is 3.32. The number of aryl methyl sites for hydroxylation is 1. The van der Waals surface area contributed by atoms with Crippen molar-refractivity contribution in [3.8, 4) is 0 Å². The van der Waals surface area contributed by atoms with Gasteiger partial charge >= 0.3 is 11.7 Å². The number of amides is 1. The monoisotopic (exact) mass is 649 g/mol. The second kappa shape index (κ2) is 22.0. The highest BCUT2D eigenvalue weighted by molar-refractivity contribution is 5.95. The second-order valence-corrected chi connectivity index (χ2v) is 13.4. The molecule has 2 aromatic rings. The van der Waals surface area contributed by atoms with Crippen LogP contribution in [-0.4, -0.2) is 29.9 Å². The number of unbranched alkanes of at least 4 members (excludes halogenated alkanes) is 15. The fourth-order valence-corrected chi connectivity index (χ4v) is 6.36. The highest BCUT2D eigenvalue weighted by atomic mass is 16.1. The Labute approximate surface area is 290 Å². The SMILES string of the molecule is CCCCCCCCCCCCCCCCCCc1cccc(CNC(=O)c2cccc(NCC3=[N+](C)/C(=C4/[CH]C=CC=C4)N=N3)c2)c1. The van der Waals surface area contributed by atoms with Gasteiger partial charge in [0.05, 0.1) is 17.3 Å². The van der Waals surface area contributed by atoms with Crippen LogP contribution >= 0.6 is 0 Å². The summed E-state index contributed by atoms with van der Waals surface area (Å²) in [6.07, 6.45) is 33.4. The summed E-state index contributed by atoms with van der Waals surface area (Å²) in [5, 5.41) is 15.2. The van der Waals surface area contributed by atoms with Crippen molar-refractivity contribution >= 4 is 17.4 Å². The molecule has 0 spiro atoms. The predicted octanol–water partition coefficient (Wildman–Crippen LogP) is 10.9. The number of carbonyl (C=O) groups is 1. The van der Waals surface area contributed by atoms with Gasteiger partial charge in [0.25, 0.3) is 5.91 Å². The molecule has 0 atom stereocenters. The smallest absolute Gasteiger partial charge is 0.309 e. The van der Waals surface area contributed by atoms with E-state index in [1.54, 1.807) is 0 Å². The second-order valence-electron chi connectivity index (χ2n) is 13.4. The molecule has 257 valence electrons. The molecule has 1 heterocycles. The number of benzene rings is 2. The largest absolute Gasteiger partial charge is 0.375 e. The van der Waals surface area contributed by atoms with Gasteiger partial charge in [0.2, 0.25) is 0 Å². The molecule has 0 fully saturated rings. The van der Waals surface area contributed by atoms with Crippen molar-refractivity contribution in [3.63, 3.8) is 0 Å². The van der Waals surface area contributed by atoms with Gasteiger partial charge in [-0.2, -0.15) is 0 Å². The van der Waals surface area contributed by atoms with Crippen LogP contribution in [0, 0.1) is 6.42 Å². The Hall–Kier alpha value is -3.80. The number of amidine groups is 1. The number of anilines is 1. The average Bonchev–Trinajstić information content (AvgIpc) is 3.49. The van der Waals surface area contributed by atoms with E-state index in [0.29, 0.717) is 18.7 Å². The lowest BCUT2D eigenvalue weighted by molar-refractivity contribution is -0.441. The lowest BCUT2D eigenvalue weighted by Crippen LogP contribution is -2.23. The molecule has 6 nitrogen and oxygen atoms in total. The molecule has 1 amide bonds. The van der Waals surface area contributed by atoms with Crippen molar-refractivity contribution in [1.82, 2.24) is 5.32 Å². The number of carbonyl (C=O) groups excluding carboxylic acids is 1. The zero-order valence-corrected chi connectivity index (χ0v) is 29.7. The summed E-state index contributed by atoms with van der Waals surface area (Å²) in [6, 6.07) is 16.3. The standard InChI is InChI=1S/C42H58N5O/c1-3-4-5-6-7-8-9-10-11-12-13-14-15-16-17-19-24-35-25-22-26-36(31-35)33-44-42(48)38-29-23-30-39(32-38)43-34-40-45-46-41(47(40)2)37-27-20-18-21-28-37/h18,20-23,25-32,43H,3-17,19,24,33-34H2,1-2H3/p+1. The van der Waals surface area contributed by atoms with E-state index in [9.17, 15) is 4.79 Å². The summed E-state index contributed by atoms with van der Waals surface area (Å²) in [7, 11) is 1.97. The Kier molecular flexibility index (Phi) is 16.9. The molecule has 2 aliphatic rings. The molecule has 1 aliphatic heterocycles. The maximum Gasteiger partial charge on any atom is 0.309 e. The minimum Gasteiger partial charge on any atom is -0.375 e. The molecule has 1 radical (unpaired) electrons. The maximum absolute atomic E-state index is 13.0. The maximum atomic E-state index is 13.0. The van der Waals surface area contributed by atoms with Gasteiger partial charge in [-0.25, -0.2) is 4.58 Å². The first-order valence-electron chi connectivity index (χ1n) is 18.8. The minimum atomic E-state index is -0.0770. The van der Waals surface area contributed by atoms with Crippen LogP contribution in [0.15, 0.2) is 94.5 Å². The Morgan fingerprint density at radius 1 is 0.688 bits per heavy atom. The third-order valence-corrected chi connectivity index (χ3v) is 9.34. The number of nitrogens with zero attached hydrogens (tertiary/aromatic N) is 3.